The fourth-order valence-electron chi connectivity index (χ4n) is 3.19. The van der Waals surface area contributed by atoms with Crippen LogP contribution < -0.4 is 14.2 Å². The Hall–Kier alpha value is -3.26. The normalized spacial score (nSPS) is 11.7. The van der Waals surface area contributed by atoms with E-state index in [2.05, 4.69) is 0 Å². The van der Waals surface area contributed by atoms with Crippen LogP contribution >= 0.6 is 0 Å². The van der Waals surface area contributed by atoms with E-state index in [0.29, 0.717) is 36.9 Å². The molecular weight excluding hydrogens is 426 g/mol. The van der Waals surface area contributed by atoms with Gasteiger partial charge in [-0.1, -0.05) is 38.1 Å². The lowest BCUT2D eigenvalue weighted by Gasteiger charge is -2.24. The third-order valence-electron chi connectivity index (χ3n) is 4.73. The van der Waals surface area contributed by atoms with Crippen molar-refractivity contribution in [3.8, 4) is 17.2 Å². The molecule has 0 fully saturated rings. The maximum Gasteiger partial charge on any atom is 0.415 e. The molecule has 0 bridgehead atoms. The zero-order valence-electron chi connectivity index (χ0n) is 19.7. The largest absolute Gasteiger partial charge is 0.493 e. The van der Waals surface area contributed by atoms with Gasteiger partial charge in [-0.25, -0.2) is 9.59 Å². The number of hydrogen-bond donors (Lipinski definition) is 1. The SMILES string of the molecule is CCOC(Cc1ccc(OCCN(CC(C)C)C(=O)Oc2ccccc2OC)cc1)C(=O)O. The Bertz CT molecular complexity index is 883. The minimum Gasteiger partial charge on any atom is -0.493 e. The van der Waals surface area contributed by atoms with Crippen molar-refractivity contribution in [1.82, 2.24) is 4.90 Å². The number of carboxylic acid groups (broad SMARTS) is 1. The van der Waals surface area contributed by atoms with E-state index in [1.54, 1.807) is 48.2 Å². The summed E-state index contributed by atoms with van der Waals surface area (Å²) in [6, 6.07) is 14.2. The number of aliphatic carboxylic acids is 1. The standard InChI is InChI=1S/C25H33NO7/c1-5-31-23(24(27)28)16-19-10-12-20(13-11-19)32-15-14-26(17-18(2)3)25(29)33-22-9-7-6-8-21(22)30-4/h6-13,18,23H,5,14-17H2,1-4H3,(H,27,28). The summed E-state index contributed by atoms with van der Waals surface area (Å²) < 4.78 is 21.8. The molecule has 0 spiro atoms. The number of carbonyl (C=O) groups excluding carboxylic acids is 1. The maximum atomic E-state index is 12.7. The minimum atomic E-state index is -0.984. The van der Waals surface area contributed by atoms with Crippen molar-refractivity contribution in [2.24, 2.45) is 5.92 Å². The van der Waals surface area contributed by atoms with Gasteiger partial charge < -0.3 is 29.0 Å². The first-order valence-corrected chi connectivity index (χ1v) is 11.0. The number of amides is 1. The van der Waals surface area contributed by atoms with Crippen molar-refractivity contribution in [2.75, 3.05) is 33.4 Å². The molecule has 0 heterocycles. The molecule has 0 saturated heterocycles. The van der Waals surface area contributed by atoms with Crippen LogP contribution in [0.15, 0.2) is 48.5 Å². The molecule has 8 heteroatoms. The fraction of sp³-hybridized carbons (Fsp3) is 0.440. The summed E-state index contributed by atoms with van der Waals surface area (Å²) in [5, 5.41) is 9.22. The Morgan fingerprint density at radius 2 is 1.70 bits per heavy atom. The first-order chi connectivity index (χ1) is 15.8. The summed E-state index contributed by atoms with van der Waals surface area (Å²) >= 11 is 0. The summed E-state index contributed by atoms with van der Waals surface area (Å²) in [5.41, 5.74) is 0.838. The Morgan fingerprint density at radius 1 is 1.03 bits per heavy atom. The monoisotopic (exact) mass is 459 g/mol. The highest BCUT2D eigenvalue weighted by atomic mass is 16.6. The number of hydrogen-bond acceptors (Lipinski definition) is 6. The zero-order chi connectivity index (χ0) is 24.2. The Kier molecular flexibility index (Phi) is 10.5. The van der Waals surface area contributed by atoms with Crippen LogP contribution in [0, 0.1) is 5.92 Å². The van der Waals surface area contributed by atoms with Gasteiger partial charge in [0.1, 0.15) is 12.4 Å². The Labute approximate surface area is 195 Å². The van der Waals surface area contributed by atoms with Crippen LogP contribution in [0.1, 0.15) is 26.3 Å². The quantitative estimate of drug-likeness (QED) is 0.478. The van der Waals surface area contributed by atoms with Crippen LogP contribution in [0.3, 0.4) is 0 Å². The summed E-state index contributed by atoms with van der Waals surface area (Å²) in [6.45, 7) is 7.30. The highest BCUT2D eigenvalue weighted by molar-refractivity contribution is 5.73. The predicted octanol–water partition coefficient (Wildman–Crippen LogP) is 4.26. The number of carboxylic acids is 1. The van der Waals surface area contributed by atoms with Gasteiger partial charge in [0.2, 0.25) is 0 Å². The topological polar surface area (TPSA) is 94.5 Å². The molecule has 33 heavy (non-hydrogen) atoms. The molecule has 2 aromatic carbocycles. The third kappa shape index (κ3) is 8.65. The molecule has 0 aromatic heterocycles. The Morgan fingerprint density at radius 3 is 2.27 bits per heavy atom. The third-order valence-corrected chi connectivity index (χ3v) is 4.73. The predicted molar refractivity (Wildman–Crippen MR) is 124 cm³/mol. The van der Waals surface area contributed by atoms with E-state index < -0.39 is 18.2 Å². The van der Waals surface area contributed by atoms with Crippen molar-refractivity contribution in [2.45, 2.75) is 33.3 Å². The number of benzene rings is 2. The van der Waals surface area contributed by atoms with Crippen LogP contribution in [0.2, 0.25) is 0 Å². The van der Waals surface area contributed by atoms with Crippen molar-refractivity contribution >= 4 is 12.1 Å². The molecule has 1 unspecified atom stereocenters. The average Bonchev–Trinajstić information content (AvgIpc) is 2.79. The molecule has 0 radical (unpaired) electrons. The Balaban J connectivity index is 1.93. The van der Waals surface area contributed by atoms with Crippen LogP contribution in [0.25, 0.3) is 0 Å². The first kappa shape index (κ1) is 26.0. The van der Waals surface area contributed by atoms with Crippen LogP contribution in [0.4, 0.5) is 4.79 Å². The number of para-hydroxylation sites is 2. The molecule has 0 aliphatic rings. The number of ether oxygens (including phenoxy) is 4. The summed E-state index contributed by atoms with van der Waals surface area (Å²) in [7, 11) is 1.52. The molecule has 2 aromatic rings. The number of nitrogens with zero attached hydrogens (tertiary/aromatic N) is 1. The second kappa shape index (κ2) is 13.3. The van der Waals surface area contributed by atoms with Gasteiger partial charge in [-0.2, -0.15) is 0 Å². The van der Waals surface area contributed by atoms with E-state index in [4.69, 9.17) is 18.9 Å². The molecule has 0 aliphatic carbocycles. The van der Waals surface area contributed by atoms with E-state index in [1.165, 1.54) is 7.11 Å². The van der Waals surface area contributed by atoms with Gasteiger partial charge in [0.25, 0.3) is 0 Å². The lowest BCUT2D eigenvalue weighted by molar-refractivity contribution is -0.149. The summed E-state index contributed by atoms with van der Waals surface area (Å²) in [6.07, 6.45) is -1.07. The fourth-order valence-corrected chi connectivity index (χ4v) is 3.19. The molecule has 180 valence electrons. The first-order valence-electron chi connectivity index (χ1n) is 11.0. The minimum absolute atomic E-state index is 0.252. The van der Waals surface area contributed by atoms with Crippen molar-refractivity contribution in [3.63, 3.8) is 0 Å². The molecule has 1 atom stereocenters. The molecule has 0 aliphatic heterocycles. The molecule has 1 amide bonds. The molecule has 1 N–H and O–H groups in total. The van der Waals surface area contributed by atoms with E-state index in [-0.39, 0.29) is 18.9 Å². The number of carbonyl (C=O) groups is 2. The van der Waals surface area contributed by atoms with Gasteiger partial charge in [0, 0.05) is 19.6 Å². The van der Waals surface area contributed by atoms with E-state index >= 15 is 0 Å². The van der Waals surface area contributed by atoms with Gasteiger partial charge in [0.15, 0.2) is 17.6 Å². The van der Waals surface area contributed by atoms with Gasteiger partial charge in [-0.05, 0) is 42.7 Å². The number of methoxy groups -OCH3 is 1. The van der Waals surface area contributed by atoms with Crippen molar-refractivity contribution in [3.05, 3.63) is 54.1 Å². The molecule has 2 rings (SSSR count). The van der Waals surface area contributed by atoms with Gasteiger partial charge in [0.05, 0.1) is 13.7 Å². The second-order valence-electron chi connectivity index (χ2n) is 7.84. The summed E-state index contributed by atoms with van der Waals surface area (Å²) in [5.74, 6) is 0.747. The van der Waals surface area contributed by atoms with E-state index in [1.807, 2.05) is 26.0 Å². The second-order valence-corrected chi connectivity index (χ2v) is 7.84. The van der Waals surface area contributed by atoms with Crippen LogP contribution in [0.5, 0.6) is 17.2 Å². The average molecular weight is 460 g/mol. The van der Waals surface area contributed by atoms with Crippen LogP contribution in [-0.4, -0.2) is 61.6 Å². The highest BCUT2D eigenvalue weighted by Gasteiger charge is 2.20. The zero-order valence-corrected chi connectivity index (χ0v) is 19.7. The molecular formula is C25H33NO7. The van der Waals surface area contributed by atoms with Crippen molar-refractivity contribution in [1.29, 1.82) is 0 Å². The van der Waals surface area contributed by atoms with E-state index in [9.17, 15) is 14.7 Å². The lowest BCUT2D eigenvalue weighted by Crippen LogP contribution is -2.39. The van der Waals surface area contributed by atoms with E-state index in [0.717, 1.165) is 5.56 Å². The van der Waals surface area contributed by atoms with Gasteiger partial charge >= 0.3 is 12.1 Å². The van der Waals surface area contributed by atoms with Gasteiger partial charge in [-0.3, -0.25) is 0 Å². The number of rotatable bonds is 13. The van der Waals surface area contributed by atoms with Crippen molar-refractivity contribution < 1.29 is 33.6 Å². The van der Waals surface area contributed by atoms with Crippen LogP contribution in [-0.2, 0) is 16.0 Å². The maximum absolute atomic E-state index is 12.7. The lowest BCUT2D eigenvalue weighted by atomic mass is 10.1. The van der Waals surface area contributed by atoms with Gasteiger partial charge in [-0.15, -0.1) is 0 Å². The molecule has 0 saturated carbocycles. The highest BCUT2D eigenvalue weighted by Crippen LogP contribution is 2.26. The smallest absolute Gasteiger partial charge is 0.415 e. The summed E-state index contributed by atoms with van der Waals surface area (Å²) in [4.78, 5) is 25.6. The molecule has 8 nitrogen and oxygen atoms in total.